The van der Waals surface area contributed by atoms with Crippen molar-refractivity contribution in [1.82, 2.24) is 14.7 Å². The van der Waals surface area contributed by atoms with Gasteiger partial charge in [-0.3, -0.25) is 4.90 Å². The van der Waals surface area contributed by atoms with E-state index in [1.807, 2.05) is 54.0 Å². The van der Waals surface area contributed by atoms with Crippen LogP contribution in [0.4, 0.5) is 4.39 Å². The number of hydrogen-bond acceptors (Lipinski definition) is 4. The van der Waals surface area contributed by atoms with E-state index in [0.29, 0.717) is 13.1 Å². The Bertz CT molecular complexity index is 875. The predicted octanol–water partition coefficient (Wildman–Crippen LogP) is 2.77. The lowest BCUT2D eigenvalue weighted by Crippen LogP contribution is -2.31. The highest BCUT2D eigenvalue weighted by molar-refractivity contribution is 5.63. The van der Waals surface area contributed by atoms with Gasteiger partial charge in [-0.25, -0.2) is 9.07 Å². The third-order valence-corrected chi connectivity index (χ3v) is 4.38. The molecule has 1 atom stereocenters. The Morgan fingerprint density at radius 3 is 2.41 bits per heavy atom. The number of aryl methyl sites for hydroxylation is 1. The third-order valence-electron chi connectivity index (χ3n) is 4.38. The number of likely N-dealkylation sites (N-methyl/N-ethyl adjacent to an activating group) is 1. The number of aliphatic hydroxyl groups is 2. The molecule has 2 aromatic carbocycles. The number of rotatable bonds is 7. The smallest absolute Gasteiger partial charge is 0.123 e. The highest BCUT2D eigenvalue weighted by atomic mass is 19.1. The van der Waals surface area contributed by atoms with Gasteiger partial charge in [0.05, 0.1) is 24.1 Å². The Kier molecular flexibility index (Phi) is 6.01. The molecule has 3 aromatic rings. The minimum Gasteiger partial charge on any atom is -0.394 e. The zero-order valence-corrected chi connectivity index (χ0v) is 15.5. The summed E-state index contributed by atoms with van der Waals surface area (Å²) in [6.45, 7) is 2.63. The van der Waals surface area contributed by atoms with Gasteiger partial charge in [0.2, 0.25) is 0 Å². The van der Waals surface area contributed by atoms with Gasteiger partial charge >= 0.3 is 0 Å². The van der Waals surface area contributed by atoms with Crippen LogP contribution < -0.4 is 0 Å². The van der Waals surface area contributed by atoms with E-state index in [9.17, 15) is 9.50 Å². The van der Waals surface area contributed by atoms with Crippen LogP contribution in [-0.2, 0) is 6.54 Å². The van der Waals surface area contributed by atoms with E-state index < -0.39 is 6.10 Å². The molecular weight excluding hydrogens is 345 g/mol. The van der Waals surface area contributed by atoms with Crippen molar-refractivity contribution in [3.8, 4) is 16.9 Å². The number of benzene rings is 2. The topological polar surface area (TPSA) is 61.5 Å². The highest BCUT2D eigenvalue weighted by Gasteiger charge is 2.16. The number of aliphatic hydroxyl groups excluding tert-OH is 2. The van der Waals surface area contributed by atoms with E-state index in [1.165, 1.54) is 17.7 Å². The minimum absolute atomic E-state index is 0.280. The van der Waals surface area contributed by atoms with E-state index >= 15 is 0 Å². The number of nitrogens with zero attached hydrogens (tertiary/aromatic N) is 3. The quantitative estimate of drug-likeness (QED) is 0.672. The van der Waals surface area contributed by atoms with Crippen LogP contribution in [0.1, 0.15) is 11.1 Å². The number of hydrogen-bond donors (Lipinski definition) is 2. The Hall–Kier alpha value is -2.54. The maximum Gasteiger partial charge on any atom is 0.123 e. The van der Waals surface area contributed by atoms with Crippen LogP contribution in [-0.4, -0.2) is 51.2 Å². The molecule has 142 valence electrons. The normalized spacial score (nSPS) is 12.5. The second-order valence-electron chi connectivity index (χ2n) is 6.82. The summed E-state index contributed by atoms with van der Waals surface area (Å²) >= 11 is 0. The first kappa shape index (κ1) is 19.2. The SMILES string of the molecule is Cc1ccc(-n2cc(CN(C)C[C@@H](O)CO)c(-c3ccc(F)cc3)n2)cc1. The average Bonchev–Trinajstić information content (AvgIpc) is 3.06. The van der Waals surface area contributed by atoms with Gasteiger partial charge < -0.3 is 10.2 Å². The second-order valence-corrected chi connectivity index (χ2v) is 6.82. The van der Waals surface area contributed by atoms with Crippen molar-refractivity contribution < 1.29 is 14.6 Å². The lowest BCUT2D eigenvalue weighted by molar-refractivity contribution is 0.0648. The van der Waals surface area contributed by atoms with E-state index in [2.05, 4.69) is 0 Å². The molecular formula is C21H24FN3O2. The molecule has 0 unspecified atom stereocenters. The average molecular weight is 369 g/mol. The van der Waals surface area contributed by atoms with Gasteiger partial charge in [-0.15, -0.1) is 0 Å². The Balaban J connectivity index is 1.96. The maximum absolute atomic E-state index is 13.3. The van der Waals surface area contributed by atoms with Crippen LogP contribution in [0.5, 0.6) is 0 Å². The minimum atomic E-state index is -0.795. The summed E-state index contributed by atoms with van der Waals surface area (Å²) in [6, 6.07) is 14.3. The summed E-state index contributed by atoms with van der Waals surface area (Å²) in [5, 5.41) is 23.5. The van der Waals surface area contributed by atoms with Crippen molar-refractivity contribution >= 4 is 0 Å². The predicted molar refractivity (Wildman–Crippen MR) is 103 cm³/mol. The van der Waals surface area contributed by atoms with Crippen LogP contribution in [0.25, 0.3) is 16.9 Å². The molecule has 27 heavy (non-hydrogen) atoms. The first-order valence-electron chi connectivity index (χ1n) is 8.85. The van der Waals surface area contributed by atoms with E-state index in [-0.39, 0.29) is 12.4 Å². The molecule has 0 aliphatic heterocycles. The van der Waals surface area contributed by atoms with Crippen molar-refractivity contribution in [3.05, 3.63) is 71.7 Å². The van der Waals surface area contributed by atoms with E-state index in [4.69, 9.17) is 10.2 Å². The molecule has 0 radical (unpaired) electrons. The zero-order chi connectivity index (χ0) is 19.4. The zero-order valence-electron chi connectivity index (χ0n) is 15.5. The van der Waals surface area contributed by atoms with Crippen molar-refractivity contribution in [1.29, 1.82) is 0 Å². The van der Waals surface area contributed by atoms with Crippen LogP contribution in [0, 0.1) is 12.7 Å². The molecule has 0 fully saturated rings. The molecule has 2 N–H and O–H groups in total. The van der Waals surface area contributed by atoms with Gasteiger partial charge in [-0.2, -0.15) is 5.10 Å². The Labute approximate surface area is 158 Å². The van der Waals surface area contributed by atoms with E-state index in [1.54, 1.807) is 12.1 Å². The molecule has 3 rings (SSSR count). The summed E-state index contributed by atoms with van der Waals surface area (Å²) in [5.41, 5.74) is 4.65. The third kappa shape index (κ3) is 4.80. The second kappa shape index (κ2) is 8.43. The molecule has 0 amide bonds. The summed E-state index contributed by atoms with van der Waals surface area (Å²) in [7, 11) is 1.87. The van der Waals surface area contributed by atoms with Gasteiger partial charge in [0, 0.05) is 30.4 Å². The first-order chi connectivity index (χ1) is 13.0. The van der Waals surface area contributed by atoms with Crippen LogP contribution >= 0.6 is 0 Å². The standard InChI is InChI=1S/C21H24FN3O2/c1-15-3-9-19(10-4-15)25-12-17(11-24(2)13-20(27)14-26)21(23-25)16-5-7-18(22)8-6-16/h3-10,12,20,26-27H,11,13-14H2,1-2H3/t20-/m1/s1. The molecule has 0 spiro atoms. The van der Waals surface area contributed by atoms with Gasteiger partial charge in [0.15, 0.2) is 0 Å². The molecule has 6 heteroatoms. The Morgan fingerprint density at radius 2 is 1.78 bits per heavy atom. The molecule has 1 aromatic heterocycles. The highest BCUT2D eigenvalue weighted by Crippen LogP contribution is 2.25. The fourth-order valence-electron chi connectivity index (χ4n) is 2.98. The largest absolute Gasteiger partial charge is 0.394 e. The van der Waals surface area contributed by atoms with Gasteiger partial charge in [-0.1, -0.05) is 17.7 Å². The Morgan fingerprint density at radius 1 is 1.11 bits per heavy atom. The summed E-state index contributed by atoms with van der Waals surface area (Å²) in [5.74, 6) is -0.290. The molecule has 0 saturated heterocycles. The first-order valence-corrected chi connectivity index (χ1v) is 8.85. The van der Waals surface area contributed by atoms with Crippen LogP contribution in [0.2, 0.25) is 0 Å². The fourth-order valence-corrected chi connectivity index (χ4v) is 2.98. The van der Waals surface area contributed by atoms with Crippen molar-refractivity contribution in [3.63, 3.8) is 0 Å². The fraction of sp³-hybridized carbons (Fsp3) is 0.286. The van der Waals surface area contributed by atoms with Gasteiger partial charge in [0.25, 0.3) is 0 Å². The van der Waals surface area contributed by atoms with Crippen molar-refractivity contribution in [2.45, 2.75) is 19.6 Å². The summed E-state index contributed by atoms with van der Waals surface area (Å²) in [4.78, 5) is 1.92. The molecule has 1 heterocycles. The lowest BCUT2D eigenvalue weighted by Gasteiger charge is -2.19. The molecule has 5 nitrogen and oxygen atoms in total. The van der Waals surface area contributed by atoms with Crippen molar-refractivity contribution in [2.24, 2.45) is 0 Å². The molecule has 0 aliphatic rings. The van der Waals surface area contributed by atoms with E-state index in [0.717, 1.165) is 22.5 Å². The summed E-state index contributed by atoms with van der Waals surface area (Å²) in [6.07, 6.45) is 1.15. The van der Waals surface area contributed by atoms with Gasteiger partial charge in [-0.05, 0) is 50.4 Å². The molecule has 0 bridgehead atoms. The number of aromatic nitrogens is 2. The van der Waals surface area contributed by atoms with Crippen LogP contribution in [0.3, 0.4) is 0 Å². The molecule has 0 saturated carbocycles. The lowest BCUT2D eigenvalue weighted by atomic mass is 10.1. The maximum atomic E-state index is 13.3. The van der Waals surface area contributed by atoms with Crippen LogP contribution in [0.15, 0.2) is 54.7 Å². The van der Waals surface area contributed by atoms with Gasteiger partial charge in [0.1, 0.15) is 5.82 Å². The number of halogens is 1. The monoisotopic (exact) mass is 369 g/mol. The summed E-state index contributed by atoms with van der Waals surface area (Å²) < 4.78 is 15.1. The molecule has 0 aliphatic carbocycles. The van der Waals surface area contributed by atoms with Crippen molar-refractivity contribution in [2.75, 3.05) is 20.2 Å².